The van der Waals surface area contributed by atoms with E-state index in [0.29, 0.717) is 16.4 Å². The van der Waals surface area contributed by atoms with Crippen molar-refractivity contribution in [3.05, 3.63) is 40.8 Å². The number of H-pyrrole nitrogens is 1. The van der Waals surface area contributed by atoms with Crippen LogP contribution in [-0.4, -0.2) is 15.9 Å². The SMILES string of the molecule is CC(C)(C)c1nc(-c2ccc(C(N)=O)cc2)c(Cl)[nH]1. The summed E-state index contributed by atoms with van der Waals surface area (Å²) in [4.78, 5) is 18.6. The number of nitrogens with two attached hydrogens (primary N) is 1. The zero-order valence-electron chi connectivity index (χ0n) is 11.1. The van der Waals surface area contributed by atoms with Crippen LogP contribution in [-0.2, 0) is 5.41 Å². The highest BCUT2D eigenvalue weighted by Crippen LogP contribution is 2.29. The van der Waals surface area contributed by atoms with Crippen LogP contribution in [0.1, 0.15) is 37.0 Å². The first kappa shape index (κ1) is 13.6. The first-order valence-corrected chi connectivity index (χ1v) is 6.33. The van der Waals surface area contributed by atoms with Gasteiger partial charge in [-0.05, 0) is 12.1 Å². The summed E-state index contributed by atoms with van der Waals surface area (Å²) in [5.41, 5.74) is 7.10. The Kier molecular flexibility index (Phi) is 3.37. The number of nitrogens with zero attached hydrogens (tertiary/aromatic N) is 1. The summed E-state index contributed by atoms with van der Waals surface area (Å²) in [6.45, 7) is 6.17. The molecule has 100 valence electrons. The van der Waals surface area contributed by atoms with Crippen molar-refractivity contribution >= 4 is 17.5 Å². The monoisotopic (exact) mass is 277 g/mol. The molecule has 0 aliphatic heterocycles. The second-order valence-electron chi connectivity index (χ2n) is 5.44. The third-order valence-corrected chi connectivity index (χ3v) is 3.09. The molecule has 0 atom stereocenters. The minimum absolute atomic E-state index is 0.102. The van der Waals surface area contributed by atoms with Gasteiger partial charge >= 0.3 is 0 Å². The number of primary amides is 1. The zero-order valence-corrected chi connectivity index (χ0v) is 11.9. The van der Waals surface area contributed by atoms with E-state index < -0.39 is 5.91 Å². The summed E-state index contributed by atoms with van der Waals surface area (Å²) >= 11 is 6.18. The summed E-state index contributed by atoms with van der Waals surface area (Å²) < 4.78 is 0. The van der Waals surface area contributed by atoms with Gasteiger partial charge in [0.05, 0.1) is 0 Å². The van der Waals surface area contributed by atoms with E-state index in [1.54, 1.807) is 24.3 Å². The Balaban J connectivity index is 2.42. The largest absolute Gasteiger partial charge is 0.366 e. The molecule has 0 saturated heterocycles. The van der Waals surface area contributed by atoms with E-state index in [1.807, 2.05) is 0 Å². The van der Waals surface area contributed by atoms with Crippen LogP contribution >= 0.6 is 11.6 Å². The zero-order chi connectivity index (χ0) is 14.2. The standard InChI is InChI=1S/C14H16ClN3O/c1-14(2,3)13-17-10(11(15)18-13)8-4-6-9(7-5-8)12(16)19/h4-7H,1-3H3,(H2,16,19)(H,17,18). The average molecular weight is 278 g/mol. The number of hydrogen-bond acceptors (Lipinski definition) is 2. The number of amides is 1. The molecule has 0 unspecified atom stereocenters. The fourth-order valence-corrected chi connectivity index (χ4v) is 1.93. The molecule has 19 heavy (non-hydrogen) atoms. The van der Waals surface area contributed by atoms with Crippen LogP contribution in [0.15, 0.2) is 24.3 Å². The highest BCUT2D eigenvalue weighted by atomic mass is 35.5. The van der Waals surface area contributed by atoms with Crippen molar-refractivity contribution in [2.24, 2.45) is 5.73 Å². The fourth-order valence-electron chi connectivity index (χ4n) is 1.69. The highest BCUT2D eigenvalue weighted by Gasteiger charge is 2.20. The molecule has 0 radical (unpaired) electrons. The number of benzene rings is 1. The molecule has 2 rings (SSSR count). The predicted octanol–water partition coefficient (Wildman–Crippen LogP) is 3.13. The van der Waals surface area contributed by atoms with Crippen molar-refractivity contribution < 1.29 is 4.79 Å². The van der Waals surface area contributed by atoms with Gasteiger partial charge in [-0.15, -0.1) is 0 Å². The summed E-state index contributed by atoms with van der Waals surface area (Å²) in [5, 5.41) is 0.497. The van der Waals surface area contributed by atoms with Gasteiger partial charge in [0.25, 0.3) is 0 Å². The lowest BCUT2D eigenvalue weighted by molar-refractivity contribution is 0.100. The lowest BCUT2D eigenvalue weighted by Crippen LogP contribution is -2.13. The van der Waals surface area contributed by atoms with E-state index in [0.717, 1.165) is 11.4 Å². The third kappa shape index (κ3) is 2.79. The van der Waals surface area contributed by atoms with Crippen molar-refractivity contribution in [3.8, 4) is 11.3 Å². The number of carbonyl (C=O) groups excluding carboxylic acids is 1. The molecule has 1 aromatic heterocycles. The first-order chi connectivity index (χ1) is 8.79. The molecular formula is C14H16ClN3O. The minimum atomic E-state index is -0.449. The van der Waals surface area contributed by atoms with Gasteiger partial charge in [-0.3, -0.25) is 4.79 Å². The number of aromatic amines is 1. The van der Waals surface area contributed by atoms with E-state index in [4.69, 9.17) is 17.3 Å². The number of imidazole rings is 1. The second-order valence-corrected chi connectivity index (χ2v) is 5.82. The molecule has 0 aliphatic rings. The Bertz CT molecular complexity index is 609. The van der Waals surface area contributed by atoms with E-state index in [-0.39, 0.29) is 5.41 Å². The molecule has 1 amide bonds. The average Bonchev–Trinajstić information content (AvgIpc) is 2.71. The molecule has 1 heterocycles. The lowest BCUT2D eigenvalue weighted by atomic mass is 9.96. The molecule has 0 aliphatic carbocycles. The van der Waals surface area contributed by atoms with Crippen LogP contribution in [0.25, 0.3) is 11.3 Å². The van der Waals surface area contributed by atoms with Crippen LogP contribution < -0.4 is 5.73 Å². The van der Waals surface area contributed by atoms with Crippen LogP contribution in [0.4, 0.5) is 0 Å². The Morgan fingerprint density at radius 2 is 1.84 bits per heavy atom. The molecule has 0 fully saturated rings. The molecular weight excluding hydrogens is 262 g/mol. The van der Waals surface area contributed by atoms with Crippen molar-refractivity contribution in [1.82, 2.24) is 9.97 Å². The van der Waals surface area contributed by atoms with E-state index in [2.05, 4.69) is 30.7 Å². The molecule has 0 bridgehead atoms. The normalized spacial score (nSPS) is 11.6. The number of aromatic nitrogens is 2. The second kappa shape index (κ2) is 4.70. The van der Waals surface area contributed by atoms with Crippen molar-refractivity contribution in [3.63, 3.8) is 0 Å². The Hall–Kier alpha value is -1.81. The predicted molar refractivity (Wildman–Crippen MR) is 76.3 cm³/mol. The van der Waals surface area contributed by atoms with E-state index in [1.165, 1.54) is 0 Å². The number of halogens is 1. The molecule has 5 heteroatoms. The molecule has 0 saturated carbocycles. The number of rotatable bonds is 2. The van der Waals surface area contributed by atoms with Gasteiger partial charge in [0.1, 0.15) is 16.7 Å². The molecule has 2 aromatic rings. The van der Waals surface area contributed by atoms with Gasteiger partial charge in [-0.25, -0.2) is 4.98 Å². The summed E-state index contributed by atoms with van der Waals surface area (Å²) in [7, 11) is 0. The molecule has 4 nitrogen and oxygen atoms in total. The van der Waals surface area contributed by atoms with Crippen LogP contribution in [0.2, 0.25) is 5.15 Å². The van der Waals surface area contributed by atoms with Gasteiger partial charge in [-0.1, -0.05) is 44.5 Å². The Morgan fingerprint density at radius 1 is 1.26 bits per heavy atom. The maximum atomic E-state index is 11.0. The van der Waals surface area contributed by atoms with Gasteiger partial charge in [0.2, 0.25) is 5.91 Å². The summed E-state index contributed by atoms with van der Waals surface area (Å²) in [6.07, 6.45) is 0. The quantitative estimate of drug-likeness (QED) is 0.885. The van der Waals surface area contributed by atoms with Crippen LogP contribution in [0.3, 0.4) is 0 Å². The smallest absolute Gasteiger partial charge is 0.248 e. The van der Waals surface area contributed by atoms with Crippen LogP contribution in [0, 0.1) is 0 Å². The first-order valence-electron chi connectivity index (χ1n) is 5.95. The van der Waals surface area contributed by atoms with E-state index >= 15 is 0 Å². The molecule has 0 spiro atoms. The maximum Gasteiger partial charge on any atom is 0.248 e. The van der Waals surface area contributed by atoms with Crippen LogP contribution in [0.5, 0.6) is 0 Å². The van der Waals surface area contributed by atoms with Crippen molar-refractivity contribution in [1.29, 1.82) is 0 Å². The van der Waals surface area contributed by atoms with Crippen molar-refractivity contribution in [2.45, 2.75) is 26.2 Å². The number of nitrogens with one attached hydrogen (secondary N) is 1. The highest BCUT2D eigenvalue weighted by molar-refractivity contribution is 6.31. The summed E-state index contributed by atoms with van der Waals surface area (Å²) in [5.74, 6) is 0.376. The van der Waals surface area contributed by atoms with Crippen molar-refractivity contribution in [2.75, 3.05) is 0 Å². The number of hydrogen-bond donors (Lipinski definition) is 2. The molecule has 3 N–H and O–H groups in total. The van der Waals surface area contributed by atoms with E-state index in [9.17, 15) is 4.79 Å². The topological polar surface area (TPSA) is 71.8 Å². The fraction of sp³-hybridized carbons (Fsp3) is 0.286. The lowest BCUT2D eigenvalue weighted by Gasteiger charge is -2.13. The minimum Gasteiger partial charge on any atom is -0.366 e. The van der Waals surface area contributed by atoms with Gasteiger partial charge in [0, 0.05) is 16.5 Å². The number of carbonyl (C=O) groups is 1. The molecule has 1 aromatic carbocycles. The Labute approximate surface area is 117 Å². The van der Waals surface area contributed by atoms with Gasteiger partial charge in [0.15, 0.2) is 0 Å². The van der Waals surface area contributed by atoms with Gasteiger partial charge < -0.3 is 10.7 Å². The third-order valence-electron chi connectivity index (χ3n) is 2.81. The van der Waals surface area contributed by atoms with Gasteiger partial charge in [-0.2, -0.15) is 0 Å². The maximum absolute atomic E-state index is 11.0. The Morgan fingerprint density at radius 3 is 2.26 bits per heavy atom. The summed E-state index contributed by atoms with van der Waals surface area (Å²) in [6, 6.07) is 6.90.